The van der Waals surface area contributed by atoms with Gasteiger partial charge in [0.05, 0.1) is 17.6 Å². The summed E-state index contributed by atoms with van der Waals surface area (Å²) in [6, 6.07) is 13.4. The normalized spacial score (nSPS) is 10.4. The van der Waals surface area contributed by atoms with Crippen molar-refractivity contribution in [3.8, 4) is 17.1 Å². The van der Waals surface area contributed by atoms with Crippen LogP contribution in [-0.2, 0) is 4.79 Å². The van der Waals surface area contributed by atoms with Gasteiger partial charge in [0.2, 0.25) is 5.88 Å². The first-order valence-electron chi connectivity index (χ1n) is 8.20. The Kier molecular flexibility index (Phi) is 5.85. The van der Waals surface area contributed by atoms with Crippen LogP contribution in [0.4, 0.5) is 11.5 Å². The van der Waals surface area contributed by atoms with Crippen molar-refractivity contribution in [3.63, 3.8) is 0 Å². The maximum Gasteiger partial charge on any atom is 0.309 e. The number of ether oxygens (including phenoxy) is 1. The minimum absolute atomic E-state index is 0.111. The fourth-order valence-electron chi connectivity index (χ4n) is 2.42. The summed E-state index contributed by atoms with van der Waals surface area (Å²) in [5, 5.41) is 3.32. The predicted octanol–water partition coefficient (Wildman–Crippen LogP) is 3.03. The van der Waals surface area contributed by atoms with Gasteiger partial charge in [0, 0.05) is 12.5 Å². The van der Waals surface area contributed by atoms with Crippen LogP contribution in [0.3, 0.4) is 0 Å². The quantitative estimate of drug-likeness (QED) is 0.371. The number of nitrogens with two attached hydrogens (primary N) is 1. The minimum atomic E-state index is -0.819. The third-order valence-electron chi connectivity index (χ3n) is 3.62. The lowest BCUT2D eigenvalue weighted by Crippen LogP contribution is -2.19. The van der Waals surface area contributed by atoms with E-state index in [2.05, 4.69) is 20.3 Å². The predicted molar refractivity (Wildman–Crippen MR) is 107 cm³/mol. The van der Waals surface area contributed by atoms with Gasteiger partial charge >= 0.3 is 5.97 Å². The number of esters is 1. The molecule has 9 heteroatoms. The molecule has 0 bridgehead atoms. The Bertz CT molecular complexity index is 1010. The average molecular weight is 395 g/mol. The molecular weight excluding hydrogens is 378 g/mol. The smallest absolute Gasteiger partial charge is 0.309 e. The molecule has 0 fully saturated rings. The maximum atomic E-state index is 11.9. The monoisotopic (exact) mass is 395 g/mol. The highest BCUT2D eigenvalue weighted by molar-refractivity contribution is 7.98. The van der Waals surface area contributed by atoms with Gasteiger partial charge < -0.3 is 15.8 Å². The summed E-state index contributed by atoms with van der Waals surface area (Å²) >= 11 is 1.23. The fourth-order valence-corrected chi connectivity index (χ4v) is 2.78. The number of hydrogen-bond acceptors (Lipinski definition) is 8. The van der Waals surface area contributed by atoms with Crippen molar-refractivity contribution in [1.29, 1.82) is 0 Å². The maximum absolute atomic E-state index is 11.9. The molecule has 0 saturated carbocycles. The third-order valence-corrected chi connectivity index (χ3v) is 4.17. The standard InChI is InChI=1S/C19H17N5O3S/c1-11(25)27-18-15(16(20)26)17(23-19(24-18)28-2)22-13-8-9-14(21-10-13)12-6-4-3-5-7-12/h3-10H,1-2H3,(H2,20,26)(H,22,23,24). The lowest BCUT2D eigenvalue weighted by molar-refractivity contribution is -0.132. The number of benzene rings is 1. The van der Waals surface area contributed by atoms with E-state index >= 15 is 0 Å². The molecule has 1 amide bonds. The zero-order chi connectivity index (χ0) is 20.1. The number of amides is 1. The van der Waals surface area contributed by atoms with E-state index in [0.717, 1.165) is 11.3 Å². The molecule has 0 unspecified atom stereocenters. The van der Waals surface area contributed by atoms with Crippen LogP contribution < -0.4 is 15.8 Å². The van der Waals surface area contributed by atoms with E-state index in [1.165, 1.54) is 18.7 Å². The van der Waals surface area contributed by atoms with Gasteiger partial charge in [0.15, 0.2) is 11.0 Å². The first-order chi connectivity index (χ1) is 13.5. The first kappa shape index (κ1) is 19.3. The lowest BCUT2D eigenvalue weighted by atomic mass is 10.1. The molecular formula is C19H17N5O3S. The SMILES string of the molecule is CSc1nc(Nc2ccc(-c3ccccc3)nc2)c(C(N)=O)c(OC(C)=O)n1. The number of primary amides is 1. The second-order valence-corrected chi connectivity index (χ2v) is 6.39. The highest BCUT2D eigenvalue weighted by atomic mass is 32.2. The summed E-state index contributed by atoms with van der Waals surface area (Å²) < 4.78 is 5.04. The Labute approximate surface area is 165 Å². The van der Waals surface area contributed by atoms with E-state index < -0.39 is 11.9 Å². The third kappa shape index (κ3) is 4.44. The van der Waals surface area contributed by atoms with Crippen molar-refractivity contribution in [2.75, 3.05) is 11.6 Å². The Morgan fingerprint density at radius 1 is 1.11 bits per heavy atom. The van der Waals surface area contributed by atoms with E-state index in [0.29, 0.717) is 10.8 Å². The molecule has 0 aliphatic heterocycles. The number of thioether (sulfide) groups is 1. The van der Waals surface area contributed by atoms with E-state index in [4.69, 9.17) is 10.5 Å². The van der Waals surface area contributed by atoms with E-state index in [9.17, 15) is 9.59 Å². The number of nitrogens with one attached hydrogen (secondary N) is 1. The molecule has 2 aromatic heterocycles. The highest BCUT2D eigenvalue weighted by Crippen LogP contribution is 2.29. The molecule has 0 saturated heterocycles. The average Bonchev–Trinajstić information content (AvgIpc) is 2.68. The van der Waals surface area contributed by atoms with E-state index in [1.807, 2.05) is 36.4 Å². The zero-order valence-corrected chi connectivity index (χ0v) is 16.0. The van der Waals surface area contributed by atoms with E-state index in [-0.39, 0.29) is 17.3 Å². The van der Waals surface area contributed by atoms with Crippen LogP contribution in [0.25, 0.3) is 11.3 Å². The van der Waals surface area contributed by atoms with Gasteiger partial charge in [-0.1, -0.05) is 42.1 Å². The molecule has 0 aliphatic rings. The summed E-state index contributed by atoms with van der Waals surface area (Å²) in [4.78, 5) is 36.1. The molecule has 0 atom stereocenters. The van der Waals surface area contributed by atoms with Gasteiger partial charge in [0.1, 0.15) is 5.56 Å². The van der Waals surface area contributed by atoms with Gasteiger partial charge in [-0.05, 0) is 18.4 Å². The van der Waals surface area contributed by atoms with Crippen molar-refractivity contribution < 1.29 is 14.3 Å². The topological polar surface area (TPSA) is 120 Å². The van der Waals surface area contributed by atoms with Crippen LogP contribution in [0.1, 0.15) is 17.3 Å². The largest absolute Gasteiger partial charge is 0.407 e. The molecule has 0 radical (unpaired) electrons. The zero-order valence-electron chi connectivity index (χ0n) is 15.2. The number of anilines is 2. The number of hydrogen-bond donors (Lipinski definition) is 2. The number of carbonyl (C=O) groups excluding carboxylic acids is 2. The molecule has 2 heterocycles. The van der Waals surface area contributed by atoms with Crippen LogP contribution in [0, 0.1) is 0 Å². The van der Waals surface area contributed by atoms with Crippen molar-refractivity contribution in [1.82, 2.24) is 15.0 Å². The molecule has 3 aromatic rings. The molecule has 28 heavy (non-hydrogen) atoms. The molecule has 1 aromatic carbocycles. The summed E-state index contributed by atoms with van der Waals surface area (Å²) in [6.45, 7) is 1.21. The van der Waals surface area contributed by atoms with Crippen molar-refractivity contribution in [3.05, 3.63) is 54.2 Å². The van der Waals surface area contributed by atoms with Crippen molar-refractivity contribution in [2.45, 2.75) is 12.1 Å². The van der Waals surface area contributed by atoms with Crippen LogP contribution in [0.5, 0.6) is 5.88 Å². The first-order valence-corrected chi connectivity index (χ1v) is 9.43. The van der Waals surface area contributed by atoms with Crippen molar-refractivity contribution in [2.24, 2.45) is 5.73 Å². The lowest BCUT2D eigenvalue weighted by Gasteiger charge is -2.13. The number of pyridine rings is 1. The van der Waals surface area contributed by atoms with Crippen LogP contribution in [0.2, 0.25) is 0 Å². The van der Waals surface area contributed by atoms with Crippen molar-refractivity contribution >= 4 is 35.1 Å². The Balaban J connectivity index is 1.96. The Hall–Kier alpha value is -3.46. The molecule has 142 valence electrons. The van der Waals surface area contributed by atoms with Crippen LogP contribution in [0.15, 0.2) is 53.8 Å². The second kappa shape index (κ2) is 8.49. The summed E-state index contributed by atoms with van der Waals surface area (Å²) in [6.07, 6.45) is 3.37. The van der Waals surface area contributed by atoms with Crippen LogP contribution >= 0.6 is 11.8 Å². The minimum Gasteiger partial charge on any atom is -0.407 e. The number of nitrogens with zero attached hydrogens (tertiary/aromatic N) is 3. The summed E-state index contributed by atoms with van der Waals surface area (Å²) in [5.74, 6) is -1.48. The van der Waals surface area contributed by atoms with Gasteiger partial charge in [-0.25, -0.2) is 4.98 Å². The number of aromatic nitrogens is 3. The molecule has 3 rings (SSSR count). The van der Waals surface area contributed by atoms with Gasteiger partial charge in [-0.15, -0.1) is 0 Å². The molecule has 0 spiro atoms. The Morgan fingerprint density at radius 3 is 2.43 bits per heavy atom. The van der Waals surface area contributed by atoms with Gasteiger partial charge in [-0.3, -0.25) is 14.6 Å². The van der Waals surface area contributed by atoms with Gasteiger partial charge in [0.25, 0.3) is 5.91 Å². The number of rotatable bonds is 6. The molecule has 8 nitrogen and oxygen atoms in total. The van der Waals surface area contributed by atoms with E-state index in [1.54, 1.807) is 18.5 Å². The van der Waals surface area contributed by atoms with Gasteiger partial charge in [-0.2, -0.15) is 4.98 Å². The van der Waals surface area contributed by atoms with Crippen LogP contribution in [-0.4, -0.2) is 33.1 Å². The number of carbonyl (C=O) groups is 2. The Morgan fingerprint density at radius 2 is 1.86 bits per heavy atom. The molecule has 3 N–H and O–H groups in total. The summed E-state index contributed by atoms with van der Waals surface area (Å²) in [5.41, 5.74) is 7.72. The molecule has 0 aliphatic carbocycles. The summed E-state index contributed by atoms with van der Waals surface area (Å²) in [7, 11) is 0. The highest BCUT2D eigenvalue weighted by Gasteiger charge is 2.22. The fraction of sp³-hybridized carbons (Fsp3) is 0.105. The second-order valence-electron chi connectivity index (χ2n) is 5.62.